The summed E-state index contributed by atoms with van der Waals surface area (Å²) < 4.78 is 0. The number of nitrogens with one attached hydrogen (secondary N) is 2. The SMILES string of the molecule is CCC(C)NC(=O)C(C)Nc1ccc([N+](=O)[O-])cc1[N+](=O)[O-]. The molecule has 0 bridgehead atoms. The number of hydrogen-bond donors (Lipinski definition) is 2. The second-order valence-corrected chi connectivity index (χ2v) is 4.90. The van der Waals surface area contributed by atoms with Gasteiger partial charge in [-0.1, -0.05) is 6.92 Å². The van der Waals surface area contributed by atoms with Gasteiger partial charge in [0.25, 0.3) is 11.4 Å². The Morgan fingerprint density at radius 1 is 1.23 bits per heavy atom. The van der Waals surface area contributed by atoms with Gasteiger partial charge in [0.1, 0.15) is 11.7 Å². The summed E-state index contributed by atoms with van der Waals surface area (Å²) in [6.07, 6.45) is 0.760. The van der Waals surface area contributed by atoms with Crippen LogP contribution in [0.25, 0.3) is 0 Å². The lowest BCUT2D eigenvalue weighted by Gasteiger charge is -2.18. The Bertz CT molecular complexity index is 590. The average molecular weight is 310 g/mol. The smallest absolute Gasteiger partial charge is 0.299 e. The van der Waals surface area contributed by atoms with Gasteiger partial charge >= 0.3 is 0 Å². The van der Waals surface area contributed by atoms with Gasteiger partial charge in [-0.05, 0) is 26.3 Å². The van der Waals surface area contributed by atoms with E-state index in [2.05, 4.69) is 10.6 Å². The zero-order valence-corrected chi connectivity index (χ0v) is 12.5. The van der Waals surface area contributed by atoms with Crippen molar-refractivity contribution in [2.24, 2.45) is 0 Å². The first-order chi connectivity index (χ1) is 10.3. The molecular formula is C13H18N4O5. The van der Waals surface area contributed by atoms with Crippen LogP contribution in [0.2, 0.25) is 0 Å². The van der Waals surface area contributed by atoms with Crippen molar-refractivity contribution in [2.45, 2.75) is 39.3 Å². The fraction of sp³-hybridized carbons (Fsp3) is 0.462. The van der Waals surface area contributed by atoms with Gasteiger partial charge in [0, 0.05) is 12.1 Å². The van der Waals surface area contributed by atoms with Gasteiger partial charge in [-0.25, -0.2) is 0 Å². The Kier molecular flexibility index (Phi) is 5.79. The van der Waals surface area contributed by atoms with Crippen LogP contribution in [0.5, 0.6) is 0 Å². The first-order valence-corrected chi connectivity index (χ1v) is 6.76. The van der Waals surface area contributed by atoms with E-state index in [0.29, 0.717) is 0 Å². The van der Waals surface area contributed by atoms with Gasteiger partial charge in [-0.15, -0.1) is 0 Å². The maximum absolute atomic E-state index is 11.9. The molecule has 0 saturated carbocycles. The Balaban J connectivity index is 2.95. The third-order valence-electron chi connectivity index (χ3n) is 3.16. The molecule has 0 saturated heterocycles. The molecule has 1 aromatic rings. The number of rotatable bonds is 7. The fourth-order valence-corrected chi connectivity index (χ4v) is 1.68. The molecule has 1 aromatic carbocycles. The molecule has 9 nitrogen and oxygen atoms in total. The largest absolute Gasteiger partial charge is 0.368 e. The molecule has 120 valence electrons. The highest BCUT2D eigenvalue weighted by molar-refractivity contribution is 5.85. The summed E-state index contributed by atoms with van der Waals surface area (Å²) in [5.41, 5.74) is -0.770. The van der Waals surface area contributed by atoms with Crippen molar-refractivity contribution in [3.05, 3.63) is 38.4 Å². The average Bonchev–Trinajstić information content (AvgIpc) is 2.46. The quantitative estimate of drug-likeness (QED) is 0.587. The Morgan fingerprint density at radius 3 is 2.36 bits per heavy atom. The lowest BCUT2D eigenvalue weighted by atomic mass is 10.2. The molecule has 0 aliphatic heterocycles. The lowest BCUT2D eigenvalue weighted by Crippen LogP contribution is -2.41. The topological polar surface area (TPSA) is 127 Å². The van der Waals surface area contributed by atoms with Crippen LogP contribution in [0.15, 0.2) is 18.2 Å². The van der Waals surface area contributed by atoms with Crippen molar-refractivity contribution in [1.82, 2.24) is 5.32 Å². The van der Waals surface area contributed by atoms with Crippen molar-refractivity contribution in [2.75, 3.05) is 5.32 Å². The van der Waals surface area contributed by atoms with E-state index in [9.17, 15) is 25.0 Å². The van der Waals surface area contributed by atoms with E-state index in [1.54, 1.807) is 6.92 Å². The van der Waals surface area contributed by atoms with Gasteiger partial charge in [-0.2, -0.15) is 0 Å². The second kappa shape index (κ2) is 7.34. The van der Waals surface area contributed by atoms with E-state index in [0.717, 1.165) is 18.6 Å². The molecule has 9 heteroatoms. The molecule has 1 amide bonds. The normalized spacial score (nSPS) is 13.0. The van der Waals surface area contributed by atoms with E-state index in [1.165, 1.54) is 6.07 Å². The number of nitro groups is 2. The summed E-state index contributed by atoms with van der Waals surface area (Å²) in [5, 5.41) is 27.1. The fourth-order valence-electron chi connectivity index (χ4n) is 1.68. The minimum Gasteiger partial charge on any atom is -0.368 e. The van der Waals surface area contributed by atoms with Crippen molar-refractivity contribution in [1.29, 1.82) is 0 Å². The summed E-state index contributed by atoms with van der Waals surface area (Å²) >= 11 is 0. The van der Waals surface area contributed by atoms with Crippen LogP contribution >= 0.6 is 0 Å². The van der Waals surface area contributed by atoms with Crippen molar-refractivity contribution in [3.63, 3.8) is 0 Å². The van der Waals surface area contributed by atoms with Crippen LogP contribution < -0.4 is 10.6 Å². The maximum atomic E-state index is 11.9. The van der Waals surface area contributed by atoms with E-state index < -0.39 is 21.6 Å². The molecule has 2 N–H and O–H groups in total. The Hall–Kier alpha value is -2.71. The molecule has 22 heavy (non-hydrogen) atoms. The molecule has 2 atom stereocenters. The van der Waals surface area contributed by atoms with Crippen LogP contribution in [-0.2, 0) is 4.79 Å². The number of anilines is 1. The molecule has 0 fully saturated rings. The third kappa shape index (κ3) is 4.40. The van der Waals surface area contributed by atoms with Gasteiger partial charge in [0.2, 0.25) is 5.91 Å². The Labute approximate surface area is 127 Å². The van der Waals surface area contributed by atoms with Crippen LogP contribution in [0.1, 0.15) is 27.2 Å². The number of carbonyl (C=O) groups is 1. The number of hydrogen-bond acceptors (Lipinski definition) is 6. The molecule has 0 aliphatic rings. The van der Waals surface area contributed by atoms with E-state index in [4.69, 9.17) is 0 Å². The summed E-state index contributed by atoms with van der Waals surface area (Å²) in [4.78, 5) is 32.2. The van der Waals surface area contributed by atoms with Gasteiger partial charge in [-0.3, -0.25) is 25.0 Å². The molecule has 1 rings (SSSR count). The minimum absolute atomic E-state index is 0.0106. The van der Waals surface area contributed by atoms with Crippen LogP contribution in [-0.4, -0.2) is 27.8 Å². The van der Waals surface area contributed by atoms with E-state index >= 15 is 0 Å². The summed E-state index contributed by atoms with van der Waals surface area (Å²) in [6, 6.07) is 2.51. The first-order valence-electron chi connectivity index (χ1n) is 6.76. The molecule has 0 heterocycles. The van der Waals surface area contributed by atoms with Gasteiger partial charge in [0.15, 0.2) is 0 Å². The molecule has 0 spiro atoms. The zero-order chi connectivity index (χ0) is 16.9. The standard InChI is InChI=1S/C13H18N4O5/c1-4-8(2)14-13(18)9(3)15-11-6-5-10(16(19)20)7-12(11)17(21)22/h5-9,15H,4H2,1-3H3,(H,14,18). The molecule has 0 aromatic heterocycles. The molecule has 2 unspecified atom stereocenters. The van der Waals surface area contributed by atoms with Gasteiger partial charge < -0.3 is 10.6 Å². The van der Waals surface area contributed by atoms with Crippen LogP contribution in [0, 0.1) is 20.2 Å². The number of nitrogens with zero attached hydrogens (tertiary/aromatic N) is 2. The zero-order valence-electron chi connectivity index (χ0n) is 12.5. The van der Waals surface area contributed by atoms with Crippen molar-refractivity contribution in [3.8, 4) is 0 Å². The van der Waals surface area contributed by atoms with E-state index in [-0.39, 0.29) is 23.3 Å². The third-order valence-corrected chi connectivity index (χ3v) is 3.16. The lowest BCUT2D eigenvalue weighted by molar-refractivity contribution is -0.393. The van der Waals surface area contributed by atoms with Gasteiger partial charge in [0.05, 0.1) is 15.9 Å². The summed E-state index contributed by atoms with van der Waals surface area (Å²) in [7, 11) is 0. The molecule has 0 radical (unpaired) electrons. The number of benzene rings is 1. The van der Waals surface area contributed by atoms with Crippen LogP contribution in [0.4, 0.5) is 17.1 Å². The second-order valence-electron chi connectivity index (χ2n) is 4.90. The number of non-ortho nitro benzene ring substituents is 1. The van der Waals surface area contributed by atoms with E-state index in [1.807, 2.05) is 13.8 Å². The molecular weight excluding hydrogens is 292 g/mol. The van der Waals surface area contributed by atoms with Crippen LogP contribution in [0.3, 0.4) is 0 Å². The minimum atomic E-state index is -0.728. The first kappa shape index (κ1) is 17.3. The monoisotopic (exact) mass is 310 g/mol. The highest BCUT2D eigenvalue weighted by Gasteiger charge is 2.22. The summed E-state index contributed by atoms with van der Waals surface area (Å²) in [6.45, 7) is 5.33. The van der Waals surface area contributed by atoms with Crippen molar-refractivity contribution >= 4 is 23.0 Å². The molecule has 0 aliphatic carbocycles. The van der Waals surface area contributed by atoms with Crippen molar-refractivity contribution < 1.29 is 14.6 Å². The number of nitro benzene ring substituents is 2. The number of carbonyl (C=O) groups excluding carboxylic acids is 1. The predicted octanol–water partition coefficient (Wildman–Crippen LogP) is 2.22. The highest BCUT2D eigenvalue weighted by atomic mass is 16.6. The summed E-state index contributed by atoms with van der Waals surface area (Å²) in [5.74, 6) is -0.304. The Morgan fingerprint density at radius 2 is 1.86 bits per heavy atom. The number of amides is 1. The maximum Gasteiger partial charge on any atom is 0.299 e. The predicted molar refractivity (Wildman–Crippen MR) is 80.7 cm³/mol. The highest BCUT2D eigenvalue weighted by Crippen LogP contribution is 2.29.